The maximum Gasteiger partial charge on any atom is 0.343 e. The highest BCUT2D eigenvalue weighted by Crippen LogP contribution is 2.27. The first kappa shape index (κ1) is 18.2. The molecule has 1 heterocycles. The van der Waals surface area contributed by atoms with Crippen LogP contribution in [0.4, 0.5) is 0 Å². The van der Waals surface area contributed by atoms with Crippen LogP contribution in [0.1, 0.15) is 41.9 Å². The maximum atomic E-state index is 12.6. The third kappa shape index (κ3) is 3.84. The quantitative estimate of drug-likeness (QED) is 0.774. The lowest BCUT2D eigenvalue weighted by atomic mass is 10.0. The Morgan fingerprint density at radius 2 is 2.04 bits per heavy atom. The van der Waals surface area contributed by atoms with Gasteiger partial charge in [0.15, 0.2) is 0 Å². The molecule has 1 N–H and O–H groups in total. The molecule has 1 aromatic rings. The molecular formula is C17H18BrNO5. The number of ether oxygens (including phenoxy) is 1. The summed E-state index contributed by atoms with van der Waals surface area (Å²) in [6, 6.07) is 1.47. The number of carboxylic acid groups (broad SMARTS) is 1. The number of halogens is 1. The molecule has 0 amide bonds. The van der Waals surface area contributed by atoms with Crippen molar-refractivity contribution in [2.24, 2.45) is 0 Å². The Kier molecular flexibility index (Phi) is 5.77. The second kappa shape index (κ2) is 7.61. The van der Waals surface area contributed by atoms with E-state index in [0.717, 1.165) is 21.0 Å². The summed E-state index contributed by atoms with van der Waals surface area (Å²) in [5, 5.41) is 9.16. The number of pyridine rings is 1. The van der Waals surface area contributed by atoms with Gasteiger partial charge in [-0.3, -0.25) is 14.2 Å². The van der Waals surface area contributed by atoms with Gasteiger partial charge in [0.25, 0.3) is 5.56 Å². The molecular weight excluding hydrogens is 378 g/mol. The largest absolute Gasteiger partial charge is 0.480 e. The minimum absolute atomic E-state index is 0.134. The van der Waals surface area contributed by atoms with Crippen LogP contribution in [0.25, 0.3) is 6.08 Å². The van der Waals surface area contributed by atoms with E-state index in [2.05, 4.69) is 15.9 Å². The smallest absolute Gasteiger partial charge is 0.343 e. The van der Waals surface area contributed by atoms with E-state index in [-0.39, 0.29) is 12.2 Å². The Morgan fingerprint density at radius 1 is 1.33 bits per heavy atom. The Balaban J connectivity index is 2.72. The number of fused-ring (bicyclic) bond motifs is 1. The molecule has 0 radical (unpaired) electrons. The summed E-state index contributed by atoms with van der Waals surface area (Å²) in [5.41, 5.74) is 1.47. The van der Waals surface area contributed by atoms with E-state index >= 15 is 0 Å². The normalized spacial score (nSPS) is 13.5. The van der Waals surface area contributed by atoms with E-state index in [1.165, 1.54) is 6.07 Å². The minimum atomic E-state index is -1.14. The maximum absolute atomic E-state index is 12.6. The number of hydrogen-bond donors (Lipinski definition) is 1. The predicted molar refractivity (Wildman–Crippen MR) is 93.3 cm³/mol. The zero-order valence-corrected chi connectivity index (χ0v) is 15.1. The van der Waals surface area contributed by atoms with Gasteiger partial charge in [-0.2, -0.15) is 0 Å². The monoisotopic (exact) mass is 395 g/mol. The van der Waals surface area contributed by atoms with E-state index < -0.39 is 24.0 Å². The van der Waals surface area contributed by atoms with Crippen molar-refractivity contribution in [3.63, 3.8) is 0 Å². The summed E-state index contributed by atoms with van der Waals surface area (Å²) in [7, 11) is 0. The Bertz CT molecular complexity index is 804. The summed E-state index contributed by atoms with van der Waals surface area (Å²) in [5.74, 6) is -1.89. The van der Waals surface area contributed by atoms with Gasteiger partial charge in [-0.1, -0.05) is 28.4 Å². The van der Waals surface area contributed by atoms with Crippen molar-refractivity contribution in [3.05, 3.63) is 49.4 Å². The number of carbonyl (C=O) groups excluding carboxylic acids is 1. The number of hydrogen-bond acceptors (Lipinski definition) is 4. The average Bonchev–Trinajstić information content (AvgIpc) is 2.67. The highest BCUT2D eigenvalue weighted by atomic mass is 79.9. The molecule has 1 aliphatic carbocycles. The first-order chi connectivity index (χ1) is 11.4. The molecule has 128 valence electrons. The molecule has 1 aliphatic rings. The minimum Gasteiger partial charge on any atom is -0.480 e. The molecule has 6 nitrogen and oxygen atoms in total. The van der Waals surface area contributed by atoms with Gasteiger partial charge < -0.3 is 9.84 Å². The lowest BCUT2D eigenvalue weighted by Gasteiger charge is -2.16. The summed E-state index contributed by atoms with van der Waals surface area (Å²) < 4.78 is 6.86. The van der Waals surface area contributed by atoms with Gasteiger partial charge in [-0.15, -0.1) is 0 Å². The Labute approximate surface area is 147 Å². The number of carbonyl (C=O) groups is 2. The van der Waals surface area contributed by atoms with Crippen LogP contribution < -0.4 is 5.56 Å². The lowest BCUT2D eigenvalue weighted by molar-refractivity contribution is -0.137. The van der Waals surface area contributed by atoms with Gasteiger partial charge in [0.05, 0.1) is 6.61 Å². The molecule has 0 saturated carbocycles. The van der Waals surface area contributed by atoms with Crippen LogP contribution >= 0.6 is 15.9 Å². The molecule has 0 aromatic carbocycles. The van der Waals surface area contributed by atoms with Crippen molar-refractivity contribution < 1.29 is 19.4 Å². The SMILES string of the molecule is CCOC(=O)c1cc2c(n(CC(=O)O)c1=O)CC(CC)=CC(Br)=C2. The molecule has 0 unspecified atom stereocenters. The first-order valence-electron chi connectivity index (χ1n) is 7.59. The summed E-state index contributed by atoms with van der Waals surface area (Å²) in [6.07, 6.45) is 4.93. The van der Waals surface area contributed by atoms with Gasteiger partial charge in [0.1, 0.15) is 12.1 Å². The number of carboxylic acids is 1. The summed E-state index contributed by atoms with van der Waals surface area (Å²) in [6.45, 7) is 3.26. The molecule has 0 spiro atoms. The van der Waals surface area contributed by atoms with Crippen LogP contribution in [0.15, 0.2) is 27.0 Å². The molecule has 24 heavy (non-hydrogen) atoms. The van der Waals surface area contributed by atoms with Crippen molar-refractivity contribution in [1.29, 1.82) is 0 Å². The number of esters is 1. The van der Waals surface area contributed by atoms with Crippen LogP contribution in [0.5, 0.6) is 0 Å². The van der Waals surface area contributed by atoms with E-state index in [4.69, 9.17) is 9.84 Å². The number of aromatic nitrogens is 1. The number of aliphatic carboxylic acids is 1. The van der Waals surface area contributed by atoms with Crippen molar-refractivity contribution in [2.45, 2.75) is 33.2 Å². The number of nitrogens with zero attached hydrogens (tertiary/aromatic N) is 1. The topological polar surface area (TPSA) is 85.6 Å². The Hall–Kier alpha value is -2.15. The first-order valence-corrected chi connectivity index (χ1v) is 8.38. The molecule has 7 heteroatoms. The van der Waals surface area contributed by atoms with Gasteiger partial charge in [-0.05, 0) is 37.1 Å². The highest BCUT2D eigenvalue weighted by Gasteiger charge is 2.22. The van der Waals surface area contributed by atoms with Crippen LogP contribution in [-0.4, -0.2) is 28.2 Å². The second-order valence-corrected chi connectivity index (χ2v) is 6.24. The van der Waals surface area contributed by atoms with Crippen molar-refractivity contribution in [1.82, 2.24) is 4.57 Å². The molecule has 0 saturated heterocycles. The third-order valence-electron chi connectivity index (χ3n) is 3.71. The predicted octanol–water partition coefficient (Wildman–Crippen LogP) is 2.74. The fourth-order valence-electron chi connectivity index (χ4n) is 2.58. The van der Waals surface area contributed by atoms with Gasteiger partial charge in [0.2, 0.25) is 0 Å². The molecule has 0 atom stereocenters. The summed E-state index contributed by atoms with van der Waals surface area (Å²) in [4.78, 5) is 35.9. The van der Waals surface area contributed by atoms with Crippen molar-refractivity contribution >= 4 is 33.9 Å². The van der Waals surface area contributed by atoms with E-state index in [0.29, 0.717) is 17.7 Å². The second-order valence-electron chi connectivity index (χ2n) is 5.33. The number of allylic oxidation sites excluding steroid dienone is 3. The van der Waals surface area contributed by atoms with E-state index in [1.807, 2.05) is 13.0 Å². The molecule has 2 rings (SSSR count). The molecule has 0 bridgehead atoms. The van der Waals surface area contributed by atoms with Crippen molar-refractivity contribution in [2.75, 3.05) is 6.61 Å². The van der Waals surface area contributed by atoms with Crippen molar-refractivity contribution in [3.8, 4) is 0 Å². The zero-order chi connectivity index (χ0) is 17.9. The molecule has 0 aliphatic heterocycles. The average molecular weight is 396 g/mol. The van der Waals surface area contributed by atoms with Crippen LogP contribution in [0, 0.1) is 0 Å². The van der Waals surface area contributed by atoms with E-state index in [1.54, 1.807) is 13.0 Å². The fraction of sp³-hybridized carbons (Fsp3) is 0.353. The van der Waals surface area contributed by atoms with Crippen LogP contribution in [-0.2, 0) is 22.5 Å². The fourth-order valence-corrected chi connectivity index (χ4v) is 3.15. The van der Waals surface area contributed by atoms with Gasteiger partial charge in [0, 0.05) is 16.6 Å². The van der Waals surface area contributed by atoms with Crippen LogP contribution in [0.2, 0.25) is 0 Å². The van der Waals surface area contributed by atoms with Crippen LogP contribution in [0.3, 0.4) is 0 Å². The standard InChI is InChI=1S/C17H18BrNO5/c1-3-10-5-12(18)7-11-8-13(17(23)24-4-2)16(22)19(9-15(20)21)14(11)6-10/h5,7-8H,3-4,6,9H2,1-2H3,(H,20,21). The van der Waals surface area contributed by atoms with E-state index in [9.17, 15) is 14.4 Å². The van der Waals surface area contributed by atoms with Gasteiger partial charge >= 0.3 is 11.9 Å². The summed E-state index contributed by atoms with van der Waals surface area (Å²) >= 11 is 3.44. The molecule has 0 fully saturated rings. The Morgan fingerprint density at radius 3 is 2.62 bits per heavy atom. The highest BCUT2D eigenvalue weighted by molar-refractivity contribution is 9.12. The van der Waals surface area contributed by atoms with Gasteiger partial charge in [-0.25, -0.2) is 4.79 Å². The molecule has 1 aromatic heterocycles. The lowest BCUT2D eigenvalue weighted by Crippen LogP contribution is -2.33. The zero-order valence-electron chi connectivity index (χ0n) is 13.5. The number of rotatable bonds is 5. The third-order valence-corrected chi connectivity index (χ3v) is 4.17.